The van der Waals surface area contributed by atoms with Gasteiger partial charge in [-0.1, -0.05) is 6.92 Å². The molecule has 0 unspecified atom stereocenters. The molecule has 20 heavy (non-hydrogen) atoms. The fourth-order valence-electron chi connectivity index (χ4n) is 1.45. The number of nitrogens with one attached hydrogen (secondary N) is 1. The van der Waals surface area contributed by atoms with Crippen molar-refractivity contribution < 1.29 is 13.2 Å². The van der Waals surface area contributed by atoms with Crippen molar-refractivity contribution in [1.29, 1.82) is 0 Å². The largest absolute Gasteiger partial charge is 0.434 e. The molecule has 1 aromatic rings. The quantitative estimate of drug-likeness (QED) is 0.768. The van der Waals surface area contributed by atoms with Crippen LogP contribution >= 0.6 is 23.1 Å². The minimum absolute atomic E-state index is 0.203. The van der Waals surface area contributed by atoms with E-state index in [0.29, 0.717) is 10.8 Å². The van der Waals surface area contributed by atoms with Gasteiger partial charge in [0.05, 0.1) is 4.88 Å². The van der Waals surface area contributed by atoms with Crippen molar-refractivity contribution in [2.45, 2.75) is 58.1 Å². The number of nitrogens with zero attached hydrogens (tertiary/aromatic N) is 1. The Hall–Kier alpha value is -0.270. The van der Waals surface area contributed by atoms with E-state index in [0.717, 1.165) is 23.5 Å². The molecule has 0 radical (unpaired) electrons. The highest BCUT2D eigenvalue weighted by atomic mass is 32.2. The number of hydrogen-bond donors (Lipinski definition) is 1. The van der Waals surface area contributed by atoms with Crippen LogP contribution in [0.1, 0.15) is 49.7 Å². The number of thiazole rings is 1. The molecule has 116 valence electrons. The van der Waals surface area contributed by atoms with E-state index in [-0.39, 0.29) is 17.0 Å². The average Bonchev–Trinajstić information content (AvgIpc) is 2.69. The van der Waals surface area contributed by atoms with Gasteiger partial charge < -0.3 is 5.32 Å². The Balaban J connectivity index is 2.84. The maximum atomic E-state index is 13.0. The summed E-state index contributed by atoms with van der Waals surface area (Å²) in [5, 5.41) is 3.65. The third-order valence-electron chi connectivity index (χ3n) is 2.36. The Morgan fingerprint density at radius 1 is 1.25 bits per heavy atom. The summed E-state index contributed by atoms with van der Waals surface area (Å²) in [6, 6.07) is 0. The lowest BCUT2D eigenvalue weighted by molar-refractivity contribution is -0.141. The molecule has 0 amide bonds. The summed E-state index contributed by atoms with van der Waals surface area (Å²) in [6.07, 6.45) is -3.36. The van der Waals surface area contributed by atoms with Crippen molar-refractivity contribution in [2.24, 2.45) is 0 Å². The number of thioether (sulfide) groups is 1. The highest BCUT2D eigenvalue weighted by Gasteiger charge is 2.37. The molecule has 0 saturated carbocycles. The van der Waals surface area contributed by atoms with Gasteiger partial charge in [-0.05, 0) is 32.9 Å². The van der Waals surface area contributed by atoms with Gasteiger partial charge in [-0.2, -0.15) is 24.9 Å². The van der Waals surface area contributed by atoms with Crippen LogP contribution in [0.4, 0.5) is 13.2 Å². The van der Waals surface area contributed by atoms with Crippen molar-refractivity contribution in [1.82, 2.24) is 10.3 Å². The van der Waals surface area contributed by atoms with Crippen molar-refractivity contribution in [2.75, 3.05) is 5.75 Å². The smallest absolute Gasteiger partial charge is 0.307 e. The summed E-state index contributed by atoms with van der Waals surface area (Å²) in [5.74, 6) is 1.49. The molecule has 1 aromatic heterocycles. The van der Waals surface area contributed by atoms with Gasteiger partial charge in [0.2, 0.25) is 0 Å². The number of halogens is 3. The molecule has 0 atom stereocenters. The van der Waals surface area contributed by atoms with Gasteiger partial charge in [0.25, 0.3) is 0 Å². The van der Waals surface area contributed by atoms with Gasteiger partial charge in [0.1, 0.15) is 5.01 Å². The van der Waals surface area contributed by atoms with E-state index in [4.69, 9.17) is 0 Å². The van der Waals surface area contributed by atoms with Crippen molar-refractivity contribution in [3.63, 3.8) is 0 Å². The van der Waals surface area contributed by atoms with Crippen LogP contribution < -0.4 is 5.32 Å². The Kier molecular flexibility index (Phi) is 6.34. The number of alkyl halides is 3. The van der Waals surface area contributed by atoms with Crippen LogP contribution in [0.25, 0.3) is 0 Å². The first kappa shape index (κ1) is 17.8. The normalized spacial score (nSPS) is 12.9. The highest BCUT2D eigenvalue weighted by Crippen LogP contribution is 2.35. The maximum Gasteiger partial charge on any atom is 0.434 e. The fourth-order valence-corrected chi connectivity index (χ4v) is 3.43. The third kappa shape index (κ3) is 6.01. The summed E-state index contributed by atoms with van der Waals surface area (Å²) in [6.45, 7) is 8.04. The van der Waals surface area contributed by atoms with Gasteiger partial charge >= 0.3 is 6.18 Å². The van der Waals surface area contributed by atoms with Gasteiger partial charge in [-0.15, -0.1) is 11.3 Å². The van der Waals surface area contributed by atoms with Crippen molar-refractivity contribution in [3.8, 4) is 0 Å². The second-order valence-electron chi connectivity index (χ2n) is 5.53. The number of hydrogen-bond acceptors (Lipinski definition) is 4. The topological polar surface area (TPSA) is 24.9 Å². The molecule has 1 heterocycles. The van der Waals surface area contributed by atoms with Crippen LogP contribution in [0.5, 0.6) is 0 Å². The van der Waals surface area contributed by atoms with Crippen molar-refractivity contribution >= 4 is 23.1 Å². The molecule has 0 fully saturated rings. The summed E-state index contributed by atoms with van der Waals surface area (Å²) in [5.41, 5.74) is -0.949. The lowest BCUT2D eigenvalue weighted by atomic mass is 10.1. The monoisotopic (exact) mass is 326 g/mol. The zero-order valence-corrected chi connectivity index (χ0v) is 13.9. The molecule has 0 aromatic carbocycles. The molecule has 1 rings (SSSR count). The first-order valence-corrected chi connectivity index (χ1v) is 8.49. The van der Waals surface area contributed by atoms with Gasteiger partial charge in [0.15, 0.2) is 5.69 Å². The standard InChI is InChI=1S/C13H21F3N2S2/c1-5-6-19-8-10-18-11(13(14,15)16)9(20-10)7-17-12(2,3)4/h17H,5-8H2,1-4H3. The molecule has 2 nitrogen and oxygen atoms in total. The molecular weight excluding hydrogens is 305 g/mol. The summed E-state index contributed by atoms with van der Waals surface area (Å²) >= 11 is 2.79. The lowest BCUT2D eigenvalue weighted by Gasteiger charge is -2.20. The zero-order chi connectivity index (χ0) is 15.4. The first-order chi connectivity index (χ1) is 9.13. The van der Waals surface area contributed by atoms with E-state index in [2.05, 4.69) is 17.2 Å². The summed E-state index contributed by atoms with van der Waals surface area (Å²) < 4.78 is 38.9. The molecule has 1 N–H and O–H groups in total. The molecule has 0 saturated heterocycles. The molecule has 0 aliphatic rings. The predicted octanol–water partition coefficient (Wildman–Crippen LogP) is 4.69. The Bertz CT molecular complexity index is 422. The zero-order valence-electron chi connectivity index (χ0n) is 12.2. The second-order valence-corrected chi connectivity index (χ2v) is 7.81. The van der Waals surface area contributed by atoms with E-state index < -0.39 is 11.9 Å². The molecular formula is C13H21F3N2S2. The minimum Gasteiger partial charge on any atom is -0.307 e. The summed E-state index contributed by atoms with van der Waals surface area (Å²) in [7, 11) is 0. The van der Waals surface area contributed by atoms with E-state index in [1.807, 2.05) is 20.8 Å². The van der Waals surface area contributed by atoms with Crippen molar-refractivity contribution in [3.05, 3.63) is 15.6 Å². The van der Waals surface area contributed by atoms with Crippen LogP contribution in [-0.2, 0) is 18.5 Å². The molecule has 0 bridgehead atoms. The molecule has 0 spiro atoms. The second kappa shape index (κ2) is 7.13. The molecule has 0 aliphatic carbocycles. The van der Waals surface area contributed by atoms with Gasteiger partial charge in [0, 0.05) is 17.8 Å². The maximum absolute atomic E-state index is 13.0. The number of rotatable bonds is 6. The van der Waals surface area contributed by atoms with Gasteiger partial charge in [-0.3, -0.25) is 0 Å². The molecule has 7 heteroatoms. The van der Waals surface area contributed by atoms with Crippen LogP contribution in [-0.4, -0.2) is 16.3 Å². The van der Waals surface area contributed by atoms with Crippen LogP contribution in [0.2, 0.25) is 0 Å². The SMILES string of the molecule is CCCSCc1nc(C(F)(F)F)c(CNC(C)(C)C)s1. The van der Waals surface area contributed by atoms with Crippen LogP contribution in [0, 0.1) is 0 Å². The first-order valence-electron chi connectivity index (χ1n) is 6.52. The van der Waals surface area contributed by atoms with E-state index in [9.17, 15) is 13.2 Å². The van der Waals surface area contributed by atoms with E-state index >= 15 is 0 Å². The molecule has 0 aliphatic heterocycles. The third-order valence-corrected chi connectivity index (χ3v) is 4.78. The van der Waals surface area contributed by atoms with E-state index in [1.165, 1.54) is 0 Å². The Labute approximate surface area is 126 Å². The number of aromatic nitrogens is 1. The predicted molar refractivity (Wildman–Crippen MR) is 80.2 cm³/mol. The van der Waals surface area contributed by atoms with Crippen LogP contribution in [0.3, 0.4) is 0 Å². The Morgan fingerprint density at radius 3 is 2.40 bits per heavy atom. The van der Waals surface area contributed by atoms with Gasteiger partial charge in [-0.25, -0.2) is 4.98 Å². The summed E-state index contributed by atoms with van der Waals surface area (Å²) in [4.78, 5) is 4.06. The minimum atomic E-state index is -4.38. The van der Waals surface area contributed by atoms with Crippen LogP contribution in [0.15, 0.2) is 0 Å². The average molecular weight is 326 g/mol. The lowest BCUT2D eigenvalue weighted by Crippen LogP contribution is -2.35. The highest BCUT2D eigenvalue weighted by molar-refractivity contribution is 7.98. The van der Waals surface area contributed by atoms with E-state index in [1.54, 1.807) is 11.8 Å². The Morgan fingerprint density at radius 2 is 1.90 bits per heavy atom. The fraction of sp³-hybridized carbons (Fsp3) is 0.769.